The number of aromatic hydroxyl groups is 1. The van der Waals surface area contributed by atoms with Gasteiger partial charge in [0.25, 0.3) is 5.56 Å². The van der Waals surface area contributed by atoms with E-state index in [0.29, 0.717) is 16.6 Å². The Bertz CT molecular complexity index is 822. The molecule has 0 amide bonds. The van der Waals surface area contributed by atoms with Crippen molar-refractivity contribution in [3.8, 4) is 16.9 Å². The van der Waals surface area contributed by atoms with Crippen molar-refractivity contribution in [3.05, 3.63) is 58.5 Å². The predicted octanol–water partition coefficient (Wildman–Crippen LogP) is 2.60. The van der Waals surface area contributed by atoms with E-state index in [9.17, 15) is 9.90 Å². The summed E-state index contributed by atoms with van der Waals surface area (Å²) >= 11 is 0. The lowest BCUT2D eigenvalue weighted by Gasteiger charge is -2.07. The molecule has 0 aliphatic rings. The largest absolute Gasteiger partial charge is 0.506 e. The van der Waals surface area contributed by atoms with Crippen molar-refractivity contribution in [1.82, 2.24) is 9.97 Å². The molecule has 2 N–H and O–H groups in total. The third kappa shape index (κ3) is 1.87. The zero-order valence-electron chi connectivity index (χ0n) is 10.3. The van der Waals surface area contributed by atoms with Gasteiger partial charge in [-0.2, -0.15) is 0 Å². The van der Waals surface area contributed by atoms with Gasteiger partial charge in [0.05, 0.1) is 10.9 Å². The summed E-state index contributed by atoms with van der Waals surface area (Å²) < 4.78 is 0. The van der Waals surface area contributed by atoms with Crippen molar-refractivity contribution >= 4 is 11.0 Å². The van der Waals surface area contributed by atoms with Gasteiger partial charge >= 0.3 is 0 Å². The third-order valence-electron chi connectivity index (χ3n) is 3.07. The molecule has 0 radical (unpaired) electrons. The summed E-state index contributed by atoms with van der Waals surface area (Å²) in [7, 11) is 0. The maximum absolute atomic E-state index is 12.1. The topological polar surface area (TPSA) is 66.0 Å². The van der Waals surface area contributed by atoms with Gasteiger partial charge in [0.15, 0.2) is 0 Å². The van der Waals surface area contributed by atoms with Crippen molar-refractivity contribution in [2.45, 2.75) is 6.92 Å². The van der Waals surface area contributed by atoms with Crippen LogP contribution in [0.5, 0.6) is 5.75 Å². The molecule has 3 rings (SSSR count). The molecule has 4 heteroatoms. The quantitative estimate of drug-likeness (QED) is 0.699. The molecule has 2 heterocycles. The van der Waals surface area contributed by atoms with Crippen LogP contribution in [0.1, 0.15) is 5.56 Å². The van der Waals surface area contributed by atoms with Crippen molar-refractivity contribution < 1.29 is 5.11 Å². The first-order chi connectivity index (χ1) is 9.16. The van der Waals surface area contributed by atoms with Gasteiger partial charge < -0.3 is 10.1 Å². The monoisotopic (exact) mass is 252 g/mol. The first-order valence-electron chi connectivity index (χ1n) is 5.94. The molecule has 1 aromatic carbocycles. The van der Waals surface area contributed by atoms with Crippen molar-refractivity contribution in [1.29, 1.82) is 0 Å². The van der Waals surface area contributed by atoms with E-state index in [1.807, 2.05) is 25.1 Å². The van der Waals surface area contributed by atoms with Crippen molar-refractivity contribution in [2.75, 3.05) is 0 Å². The lowest BCUT2D eigenvalue weighted by molar-refractivity contribution is 0.482. The van der Waals surface area contributed by atoms with Crippen LogP contribution in [-0.2, 0) is 0 Å². The van der Waals surface area contributed by atoms with Crippen LogP contribution in [0.4, 0.5) is 0 Å². The number of rotatable bonds is 1. The van der Waals surface area contributed by atoms with Gasteiger partial charge in [-0.1, -0.05) is 29.8 Å². The molecule has 2 aromatic heterocycles. The van der Waals surface area contributed by atoms with Crippen LogP contribution >= 0.6 is 0 Å². The standard InChI is InChI=1S/C15H12N2O2/c1-9-4-2-5-10(8-9)12-13(18)11-6-3-7-16-14(11)17-15(12)19/h2-8H,1H3,(H2,16,17,18,19). The van der Waals surface area contributed by atoms with Crippen LogP contribution in [0.15, 0.2) is 47.4 Å². The van der Waals surface area contributed by atoms with E-state index in [1.54, 1.807) is 24.4 Å². The first kappa shape index (κ1) is 11.5. The molecule has 4 nitrogen and oxygen atoms in total. The minimum atomic E-state index is -0.339. The smallest absolute Gasteiger partial charge is 0.261 e. The van der Waals surface area contributed by atoms with Gasteiger partial charge in [-0.25, -0.2) is 4.98 Å². The molecule has 0 saturated carbocycles. The number of aromatic amines is 1. The fourth-order valence-electron chi connectivity index (χ4n) is 2.18. The van der Waals surface area contributed by atoms with E-state index in [4.69, 9.17) is 0 Å². The number of aryl methyl sites for hydroxylation is 1. The molecular formula is C15H12N2O2. The summed E-state index contributed by atoms with van der Waals surface area (Å²) in [5.41, 5.74) is 2.06. The molecule has 0 aliphatic carbocycles. The summed E-state index contributed by atoms with van der Waals surface area (Å²) in [6.45, 7) is 1.94. The maximum Gasteiger partial charge on any atom is 0.261 e. The molecule has 0 atom stereocenters. The normalized spacial score (nSPS) is 10.8. The number of nitrogens with one attached hydrogen (secondary N) is 1. The van der Waals surface area contributed by atoms with Gasteiger partial charge in [-0.3, -0.25) is 4.79 Å². The number of hydrogen-bond acceptors (Lipinski definition) is 3. The van der Waals surface area contributed by atoms with Crippen molar-refractivity contribution in [3.63, 3.8) is 0 Å². The van der Waals surface area contributed by atoms with Crippen LogP contribution in [0.25, 0.3) is 22.2 Å². The highest BCUT2D eigenvalue weighted by Crippen LogP contribution is 2.31. The Balaban J connectivity index is 2.39. The van der Waals surface area contributed by atoms with E-state index in [2.05, 4.69) is 9.97 Å². The molecule has 0 saturated heterocycles. The van der Waals surface area contributed by atoms with E-state index < -0.39 is 0 Å². The van der Waals surface area contributed by atoms with E-state index in [1.165, 1.54) is 0 Å². The Labute approximate surface area is 109 Å². The highest BCUT2D eigenvalue weighted by atomic mass is 16.3. The van der Waals surface area contributed by atoms with Crippen LogP contribution in [-0.4, -0.2) is 15.1 Å². The Morgan fingerprint density at radius 1 is 1.21 bits per heavy atom. The van der Waals surface area contributed by atoms with Gasteiger partial charge in [0.2, 0.25) is 0 Å². The molecule has 0 aliphatic heterocycles. The van der Waals surface area contributed by atoms with Gasteiger partial charge in [-0.15, -0.1) is 0 Å². The van der Waals surface area contributed by atoms with E-state index in [-0.39, 0.29) is 16.9 Å². The van der Waals surface area contributed by atoms with Crippen LogP contribution < -0.4 is 5.56 Å². The average molecular weight is 252 g/mol. The zero-order chi connectivity index (χ0) is 13.4. The Morgan fingerprint density at radius 3 is 2.84 bits per heavy atom. The summed E-state index contributed by atoms with van der Waals surface area (Å²) in [4.78, 5) is 18.8. The van der Waals surface area contributed by atoms with E-state index >= 15 is 0 Å². The summed E-state index contributed by atoms with van der Waals surface area (Å²) in [6.07, 6.45) is 1.57. The fourth-order valence-corrected chi connectivity index (χ4v) is 2.18. The van der Waals surface area contributed by atoms with E-state index in [0.717, 1.165) is 5.56 Å². The summed E-state index contributed by atoms with van der Waals surface area (Å²) in [6, 6.07) is 10.9. The molecule has 94 valence electrons. The third-order valence-corrected chi connectivity index (χ3v) is 3.07. The molecular weight excluding hydrogens is 240 g/mol. The highest BCUT2D eigenvalue weighted by molar-refractivity contribution is 5.89. The fraction of sp³-hybridized carbons (Fsp3) is 0.0667. The number of fused-ring (bicyclic) bond motifs is 1. The highest BCUT2D eigenvalue weighted by Gasteiger charge is 2.13. The lowest BCUT2D eigenvalue weighted by Crippen LogP contribution is -2.10. The second kappa shape index (κ2) is 4.24. The average Bonchev–Trinajstić information content (AvgIpc) is 2.39. The van der Waals surface area contributed by atoms with Crippen LogP contribution in [0.2, 0.25) is 0 Å². The number of H-pyrrole nitrogens is 1. The van der Waals surface area contributed by atoms with Crippen molar-refractivity contribution in [2.24, 2.45) is 0 Å². The number of nitrogens with zero attached hydrogens (tertiary/aromatic N) is 1. The summed E-state index contributed by atoms with van der Waals surface area (Å²) in [5.74, 6) is -0.0301. The van der Waals surface area contributed by atoms with Gasteiger partial charge in [-0.05, 0) is 24.6 Å². The molecule has 0 unspecified atom stereocenters. The van der Waals surface area contributed by atoms with Crippen LogP contribution in [0, 0.1) is 6.92 Å². The first-order valence-corrected chi connectivity index (χ1v) is 5.94. The second-order valence-electron chi connectivity index (χ2n) is 4.45. The Hall–Kier alpha value is -2.62. The number of benzene rings is 1. The predicted molar refractivity (Wildman–Crippen MR) is 74.2 cm³/mol. The minimum absolute atomic E-state index is 0.0301. The summed E-state index contributed by atoms with van der Waals surface area (Å²) in [5, 5.41) is 10.9. The zero-order valence-corrected chi connectivity index (χ0v) is 10.3. The number of pyridine rings is 2. The molecule has 0 spiro atoms. The SMILES string of the molecule is Cc1cccc(-c2c(O)c3cccnc3[nH]c2=O)c1. The lowest BCUT2D eigenvalue weighted by atomic mass is 10.0. The number of aromatic nitrogens is 2. The Kier molecular flexibility index (Phi) is 2.56. The van der Waals surface area contributed by atoms with Gasteiger partial charge in [0.1, 0.15) is 11.4 Å². The molecule has 0 bridgehead atoms. The Morgan fingerprint density at radius 2 is 2.05 bits per heavy atom. The molecule has 0 fully saturated rings. The van der Waals surface area contributed by atoms with Crippen LogP contribution in [0.3, 0.4) is 0 Å². The maximum atomic E-state index is 12.1. The number of hydrogen-bond donors (Lipinski definition) is 2. The second-order valence-corrected chi connectivity index (χ2v) is 4.45. The molecule has 3 aromatic rings. The molecule has 19 heavy (non-hydrogen) atoms. The van der Waals surface area contributed by atoms with Gasteiger partial charge in [0, 0.05) is 6.20 Å². The minimum Gasteiger partial charge on any atom is -0.506 e.